The van der Waals surface area contributed by atoms with Gasteiger partial charge in [0.1, 0.15) is 19.4 Å². The van der Waals surface area contributed by atoms with Crippen molar-refractivity contribution in [2.45, 2.75) is 19.4 Å². The number of phenolic OH excluding ortho intramolecular Hbond substituents is 1. The molecule has 1 saturated heterocycles. The molecule has 2 N–H and O–H groups in total. The smallest absolute Gasteiger partial charge is 0.151 e. The van der Waals surface area contributed by atoms with Crippen molar-refractivity contribution in [3.63, 3.8) is 0 Å². The van der Waals surface area contributed by atoms with Crippen LogP contribution in [0.15, 0.2) is 60.8 Å². The zero-order valence-electron chi connectivity index (χ0n) is 18.7. The van der Waals surface area contributed by atoms with E-state index in [0.717, 1.165) is 59.9 Å². The fourth-order valence-corrected chi connectivity index (χ4v) is 4.86. The fraction of sp³-hybridized carbons (Fsp3) is 0.280. The first kappa shape index (κ1) is 21.8. The summed E-state index contributed by atoms with van der Waals surface area (Å²) in [5.74, 6) is 1.78. The molecular formula is C25H27BClN5O. The number of halogens is 1. The predicted octanol–water partition coefficient (Wildman–Crippen LogP) is 3.34. The molecule has 1 fully saturated rings. The Morgan fingerprint density at radius 2 is 2.03 bits per heavy atom. The molecule has 1 atom stereocenters. The lowest BCUT2D eigenvalue weighted by molar-refractivity contribution is 0.173. The van der Waals surface area contributed by atoms with Gasteiger partial charge in [0.05, 0.1) is 5.69 Å². The number of aromatic hydroxyl groups is 1. The van der Waals surface area contributed by atoms with Gasteiger partial charge in [-0.3, -0.25) is 4.90 Å². The van der Waals surface area contributed by atoms with E-state index in [4.69, 9.17) is 16.6 Å². The SMILES string of the molecule is Bc1cnn2c(NCC3CCCN(Cc4cccc(O)c4)C3)cc(-c3ccccc3Cl)nc12. The molecule has 5 rings (SSSR count). The number of fused-ring (bicyclic) bond motifs is 1. The van der Waals surface area contributed by atoms with E-state index in [0.29, 0.717) is 16.7 Å². The zero-order chi connectivity index (χ0) is 22.8. The maximum atomic E-state index is 9.76. The molecule has 1 aliphatic rings. The number of aromatic nitrogens is 3. The summed E-state index contributed by atoms with van der Waals surface area (Å²) in [4.78, 5) is 7.31. The average Bonchev–Trinajstić information content (AvgIpc) is 3.19. The van der Waals surface area contributed by atoms with Crippen molar-refractivity contribution in [2.24, 2.45) is 5.92 Å². The minimum atomic E-state index is 0.327. The number of rotatable bonds is 6. The van der Waals surface area contributed by atoms with Crippen molar-refractivity contribution in [1.82, 2.24) is 19.5 Å². The van der Waals surface area contributed by atoms with Crippen molar-refractivity contribution in [1.29, 1.82) is 0 Å². The summed E-state index contributed by atoms with van der Waals surface area (Å²) in [5.41, 5.74) is 4.77. The third-order valence-electron chi connectivity index (χ3n) is 6.29. The second-order valence-corrected chi connectivity index (χ2v) is 9.27. The maximum Gasteiger partial charge on any atom is 0.151 e. The Labute approximate surface area is 199 Å². The van der Waals surface area contributed by atoms with Crippen molar-refractivity contribution < 1.29 is 5.11 Å². The van der Waals surface area contributed by atoms with Crippen LogP contribution >= 0.6 is 11.6 Å². The molecular weight excluding hydrogens is 433 g/mol. The van der Waals surface area contributed by atoms with Crippen LogP contribution < -0.4 is 10.8 Å². The second-order valence-electron chi connectivity index (χ2n) is 8.86. The molecule has 3 heterocycles. The number of likely N-dealkylation sites (tertiary alicyclic amines) is 1. The molecule has 0 spiro atoms. The molecule has 1 aliphatic heterocycles. The number of benzene rings is 2. The molecule has 1 unspecified atom stereocenters. The van der Waals surface area contributed by atoms with Gasteiger partial charge < -0.3 is 10.4 Å². The molecule has 2 aromatic carbocycles. The molecule has 0 amide bonds. The maximum absolute atomic E-state index is 9.76. The van der Waals surface area contributed by atoms with E-state index in [-0.39, 0.29) is 0 Å². The van der Waals surface area contributed by atoms with Crippen LogP contribution in [0.3, 0.4) is 0 Å². The topological polar surface area (TPSA) is 65.7 Å². The Kier molecular flexibility index (Phi) is 6.25. The Balaban J connectivity index is 1.33. The van der Waals surface area contributed by atoms with E-state index in [1.807, 2.05) is 61.0 Å². The third-order valence-corrected chi connectivity index (χ3v) is 6.62. The molecule has 4 aromatic rings. The van der Waals surface area contributed by atoms with Gasteiger partial charge >= 0.3 is 0 Å². The summed E-state index contributed by atoms with van der Waals surface area (Å²) in [6.45, 7) is 3.82. The van der Waals surface area contributed by atoms with Crippen molar-refractivity contribution in [3.05, 3.63) is 71.4 Å². The predicted molar refractivity (Wildman–Crippen MR) is 136 cm³/mol. The lowest BCUT2D eigenvalue weighted by Crippen LogP contribution is -2.37. The summed E-state index contributed by atoms with van der Waals surface area (Å²) in [6.07, 6.45) is 4.21. The van der Waals surface area contributed by atoms with E-state index in [9.17, 15) is 5.11 Å². The Morgan fingerprint density at radius 1 is 1.15 bits per heavy atom. The molecule has 0 saturated carbocycles. The van der Waals surface area contributed by atoms with Crippen LogP contribution in [-0.4, -0.2) is 52.1 Å². The standard InChI is InChI=1S/C25H27BClN5O/c26-21-14-29-32-24(12-23(30-25(21)32)20-8-1-2-9-22(20)27)28-13-18-6-4-10-31(16-18)15-17-5-3-7-19(33)11-17/h1-3,5,7-9,11-12,14,18,28,33H,4,6,10,13,15-16,26H2. The molecule has 0 radical (unpaired) electrons. The minimum Gasteiger partial charge on any atom is -0.508 e. The molecule has 0 bridgehead atoms. The molecule has 0 aliphatic carbocycles. The second kappa shape index (κ2) is 9.45. The van der Waals surface area contributed by atoms with Gasteiger partial charge in [0, 0.05) is 42.5 Å². The number of hydrogen-bond acceptors (Lipinski definition) is 5. The number of phenols is 1. The fourth-order valence-electron chi connectivity index (χ4n) is 4.63. The molecule has 8 heteroatoms. The van der Waals surface area contributed by atoms with Gasteiger partial charge in [-0.1, -0.05) is 41.9 Å². The van der Waals surface area contributed by atoms with Gasteiger partial charge in [0.2, 0.25) is 0 Å². The van der Waals surface area contributed by atoms with Crippen LogP contribution in [0.25, 0.3) is 16.9 Å². The van der Waals surface area contributed by atoms with Gasteiger partial charge in [0.25, 0.3) is 0 Å². The van der Waals surface area contributed by atoms with Gasteiger partial charge in [-0.05, 0) is 54.5 Å². The van der Waals surface area contributed by atoms with E-state index in [1.54, 1.807) is 6.07 Å². The lowest BCUT2D eigenvalue weighted by Gasteiger charge is -2.33. The lowest BCUT2D eigenvalue weighted by atomic mass is 9.97. The van der Waals surface area contributed by atoms with Gasteiger partial charge in [0.15, 0.2) is 5.65 Å². The first-order chi connectivity index (χ1) is 16.1. The monoisotopic (exact) mass is 459 g/mol. The number of nitrogens with zero attached hydrogens (tertiary/aromatic N) is 4. The first-order valence-electron chi connectivity index (χ1n) is 11.4. The number of piperidine rings is 1. The number of hydrogen-bond donors (Lipinski definition) is 2. The largest absolute Gasteiger partial charge is 0.508 e. The van der Waals surface area contributed by atoms with Crippen LogP contribution in [0.4, 0.5) is 5.82 Å². The van der Waals surface area contributed by atoms with Gasteiger partial charge in [-0.25, -0.2) is 4.98 Å². The van der Waals surface area contributed by atoms with Crippen LogP contribution in [0.2, 0.25) is 5.02 Å². The zero-order valence-corrected chi connectivity index (χ0v) is 19.5. The van der Waals surface area contributed by atoms with E-state index in [1.165, 1.54) is 12.8 Å². The third kappa shape index (κ3) is 4.84. The van der Waals surface area contributed by atoms with E-state index < -0.39 is 0 Å². The van der Waals surface area contributed by atoms with Crippen LogP contribution in [0.5, 0.6) is 5.75 Å². The highest BCUT2D eigenvalue weighted by molar-refractivity contribution is 6.36. The van der Waals surface area contributed by atoms with Crippen molar-refractivity contribution in [2.75, 3.05) is 25.0 Å². The Bertz CT molecular complexity index is 1280. The minimum absolute atomic E-state index is 0.327. The molecule has 168 valence electrons. The first-order valence-corrected chi connectivity index (χ1v) is 11.8. The highest BCUT2D eigenvalue weighted by Crippen LogP contribution is 2.28. The van der Waals surface area contributed by atoms with Crippen LogP contribution in [0.1, 0.15) is 18.4 Å². The Hall–Kier alpha value is -3.03. The summed E-state index contributed by atoms with van der Waals surface area (Å²) in [5, 5.41) is 18.6. The number of anilines is 1. The van der Waals surface area contributed by atoms with Crippen molar-refractivity contribution in [3.8, 4) is 17.0 Å². The molecule has 6 nitrogen and oxygen atoms in total. The highest BCUT2D eigenvalue weighted by atomic mass is 35.5. The molecule has 2 aromatic heterocycles. The highest BCUT2D eigenvalue weighted by Gasteiger charge is 2.21. The van der Waals surface area contributed by atoms with Crippen LogP contribution in [0, 0.1) is 5.92 Å². The Morgan fingerprint density at radius 3 is 2.88 bits per heavy atom. The summed E-state index contributed by atoms with van der Waals surface area (Å²) < 4.78 is 1.88. The van der Waals surface area contributed by atoms with Gasteiger partial charge in [-0.15, -0.1) is 0 Å². The summed E-state index contributed by atoms with van der Waals surface area (Å²) in [6, 6.07) is 17.4. The van der Waals surface area contributed by atoms with Crippen molar-refractivity contribution >= 4 is 36.4 Å². The van der Waals surface area contributed by atoms with Crippen LogP contribution in [-0.2, 0) is 6.54 Å². The normalized spacial score (nSPS) is 16.8. The van der Waals surface area contributed by atoms with Gasteiger partial charge in [-0.2, -0.15) is 9.61 Å². The summed E-state index contributed by atoms with van der Waals surface area (Å²) in [7, 11) is 2.02. The van der Waals surface area contributed by atoms with E-state index in [2.05, 4.69) is 21.4 Å². The quantitative estimate of drug-likeness (QED) is 0.433. The van der Waals surface area contributed by atoms with E-state index >= 15 is 0 Å². The average molecular weight is 460 g/mol. The molecule has 33 heavy (non-hydrogen) atoms. The summed E-state index contributed by atoms with van der Waals surface area (Å²) >= 11 is 6.46. The number of nitrogens with one attached hydrogen (secondary N) is 1.